The molecule has 0 saturated heterocycles. The molecule has 0 N–H and O–H groups in total. The number of benzene rings is 1. The SMILES string of the molecule is CN(Cc1ccc(Br)o1)S(=O)(=O)c1cc(F)cc(F)c1. The quantitative estimate of drug-likeness (QED) is 0.836. The molecule has 1 heterocycles. The molecular formula is C12H10BrF2NO3S. The maximum absolute atomic E-state index is 13.1. The lowest BCUT2D eigenvalue weighted by molar-refractivity contribution is 0.398. The molecule has 4 nitrogen and oxygen atoms in total. The minimum Gasteiger partial charge on any atom is -0.453 e. The third-order valence-electron chi connectivity index (χ3n) is 2.55. The topological polar surface area (TPSA) is 50.5 Å². The number of sulfonamides is 1. The molecule has 1 aromatic heterocycles. The second kappa shape index (κ2) is 5.63. The zero-order valence-electron chi connectivity index (χ0n) is 10.3. The van der Waals surface area contributed by atoms with E-state index in [1.165, 1.54) is 7.05 Å². The van der Waals surface area contributed by atoms with E-state index < -0.39 is 26.6 Å². The second-order valence-electron chi connectivity index (χ2n) is 4.07. The van der Waals surface area contributed by atoms with E-state index in [-0.39, 0.29) is 6.54 Å². The molecule has 0 radical (unpaired) electrons. The van der Waals surface area contributed by atoms with Gasteiger partial charge < -0.3 is 4.42 Å². The number of hydrogen-bond donors (Lipinski definition) is 0. The van der Waals surface area contributed by atoms with Crippen molar-refractivity contribution in [3.8, 4) is 0 Å². The molecule has 108 valence electrons. The molecule has 0 spiro atoms. The van der Waals surface area contributed by atoms with Gasteiger partial charge in [0, 0.05) is 13.1 Å². The van der Waals surface area contributed by atoms with Crippen molar-refractivity contribution in [3.05, 3.63) is 52.4 Å². The molecular weight excluding hydrogens is 356 g/mol. The van der Waals surface area contributed by atoms with Crippen LogP contribution in [-0.2, 0) is 16.6 Å². The van der Waals surface area contributed by atoms with Gasteiger partial charge in [-0.2, -0.15) is 4.31 Å². The van der Waals surface area contributed by atoms with Crippen molar-refractivity contribution in [1.82, 2.24) is 4.31 Å². The highest BCUT2D eigenvalue weighted by Crippen LogP contribution is 2.21. The van der Waals surface area contributed by atoms with Crippen LogP contribution in [0.2, 0.25) is 0 Å². The first-order chi connectivity index (χ1) is 9.29. The van der Waals surface area contributed by atoms with Crippen molar-refractivity contribution < 1.29 is 21.6 Å². The van der Waals surface area contributed by atoms with Crippen molar-refractivity contribution >= 4 is 26.0 Å². The van der Waals surface area contributed by atoms with Crippen LogP contribution in [0.15, 0.2) is 44.3 Å². The zero-order valence-corrected chi connectivity index (χ0v) is 12.7. The number of hydrogen-bond acceptors (Lipinski definition) is 3. The van der Waals surface area contributed by atoms with Gasteiger partial charge in [-0.1, -0.05) is 0 Å². The molecule has 2 rings (SSSR count). The van der Waals surface area contributed by atoms with Gasteiger partial charge >= 0.3 is 0 Å². The number of furan rings is 1. The Labute approximate surface area is 123 Å². The summed E-state index contributed by atoms with van der Waals surface area (Å²) in [7, 11) is -2.69. The third-order valence-corrected chi connectivity index (χ3v) is 4.76. The fourth-order valence-electron chi connectivity index (χ4n) is 1.60. The first-order valence-corrected chi connectivity index (χ1v) is 7.69. The fraction of sp³-hybridized carbons (Fsp3) is 0.167. The molecule has 0 bridgehead atoms. The van der Waals surface area contributed by atoms with Gasteiger partial charge in [-0.3, -0.25) is 0 Å². The number of halogens is 3. The van der Waals surface area contributed by atoms with E-state index in [4.69, 9.17) is 4.42 Å². The highest BCUT2D eigenvalue weighted by atomic mass is 79.9. The lowest BCUT2D eigenvalue weighted by Gasteiger charge is -2.16. The van der Waals surface area contributed by atoms with Crippen LogP contribution in [-0.4, -0.2) is 19.8 Å². The molecule has 1 aromatic carbocycles. The highest BCUT2D eigenvalue weighted by molar-refractivity contribution is 9.10. The average Bonchev–Trinajstić information content (AvgIpc) is 2.73. The third kappa shape index (κ3) is 3.25. The fourth-order valence-corrected chi connectivity index (χ4v) is 3.12. The Morgan fingerprint density at radius 2 is 1.80 bits per heavy atom. The summed E-state index contributed by atoms with van der Waals surface area (Å²) in [6.07, 6.45) is 0. The second-order valence-corrected chi connectivity index (χ2v) is 6.90. The van der Waals surface area contributed by atoms with Crippen LogP contribution in [0.5, 0.6) is 0 Å². The summed E-state index contributed by atoms with van der Waals surface area (Å²) < 4.78 is 57.2. The zero-order chi connectivity index (χ0) is 14.9. The first kappa shape index (κ1) is 15.1. The molecule has 0 aliphatic carbocycles. The van der Waals surface area contributed by atoms with E-state index in [0.717, 1.165) is 16.4 Å². The standard InChI is InChI=1S/C12H10BrF2NO3S/c1-16(7-10-2-3-12(13)19-10)20(17,18)11-5-8(14)4-9(15)6-11/h2-6H,7H2,1H3. The highest BCUT2D eigenvalue weighted by Gasteiger charge is 2.23. The number of nitrogens with zero attached hydrogens (tertiary/aromatic N) is 1. The van der Waals surface area contributed by atoms with Crippen LogP contribution in [0.3, 0.4) is 0 Å². The monoisotopic (exact) mass is 365 g/mol. The molecule has 0 unspecified atom stereocenters. The lowest BCUT2D eigenvalue weighted by Crippen LogP contribution is -2.26. The summed E-state index contributed by atoms with van der Waals surface area (Å²) in [5.41, 5.74) is 0. The van der Waals surface area contributed by atoms with E-state index in [1.807, 2.05) is 0 Å². The first-order valence-electron chi connectivity index (χ1n) is 5.45. The smallest absolute Gasteiger partial charge is 0.243 e. The minimum absolute atomic E-state index is 0.0495. The van der Waals surface area contributed by atoms with E-state index in [1.54, 1.807) is 12.1 Å². The Morgan fingerprint density at radius 1 is 1.20 bits per heavy atom. The van der Waals surface area contributed by atoms with Crippen molar-refractivity contribution in [2.24, 2.45) is 0 Å². The normalized spacial score (nSPS) is 12.1. The average molecular weight is 366 g/mol. The molecule has 0 saturated carbocycles. The maximum atomic E-state index is 13.1. The molecule has 20 heavy (non-hydrogen) atoms. The molecule has 8 heteroatoms. The predicted molar refractivity (Wildman–Crippen MR) is 71.4 cm³/mol. The molecule has 0 aliphatic heterocycles. The Kier molecular flexibility index (Phi) is 4.26. The Morgan fingerprint density at radius 3 is 2.30 bits per heavy atom. The van der Waals surface area contributed by atoms with Crippen LogP contribution in [0.1, 0.15) is 5.76 Å². The van der Waals surface area contributed by atoms with Gasteiger partial charge in [0.15, 0.2) is 4.67 Å². The van der Waals surface area contributed by atoms with Gasteiger partial charge in [0.1, 0.15) is 17.4 Å². The molecule has 0 aliphatic rings. The van der Waals surface area contributed by atoms with Gasteiger partial charge in [0.25, 0.3) is 0 Å². The summed E-state index contributed by atoms with van der Waals surface area (Å²) in [4.78, 5) is -0.442. The molecule has 2 aromatic rings. The predicted octanol–water partition coefficient (Wildman–Crippen LogP) is 3.14. The van der Waals surface area contributed by atoms with Crippen molar-refractivity contribution in [3.63, 3.8) is 0 Å². The van der Waals surface area contributed by atoms with Crippen LogP contribution in [0.4, 0.5) is 8.78 Å². The Hall–Kier alpha value is -1.25. The van der Waals surface area contributed by atoms with E-state index in [2.05, 4.69) is 15.9 Å². The van der Waals surface area contributed by atoms with Gasteiger partial charge in [-0.05, 0) is 40.2 Å². The summed E-state index contributed by atoms with van der Waals surface area (Å²) in [5.74, 6) is -1.49. The maximum Gasteiger partial charge on any atom is 0.243 e. The Bertz CT molecular complexity index is 710. The number of rotatable bonds is 4. The van der Waals surface area contributed by atoms with Gasteiger partial charge in [-0.15, -0.1) is 0 Å². The van der Waals surface area contributed by atoms with E-state index in [0.29, 0.717) is 16.5 Å². The summed E-state index contributed by atoms with van der Waals surface area (Å²) in [5, 5.41) is 0. The van der Waals surface area contributed by atoms with Crippen molar-refractivity contribution in [2.75, 3.05) is 7.05 Å². The van der Waals surface area contributed by atoms with Crippen LogP contribution in [0.25, 0.3) is 0 Å². The molecule has 0 fully saturated rings. The lowest BCUT2D eigenvalue weighted by atomic mass is 10.3. The molecule has 0 atom stereocenters. The van der Waals surface area contributed by atoms with Gasteiger partial charge in [-0.25, -0.2) is 17.2 Å². The summed E-state index contributed by atoms with van der Waals surface area (Å²) in [6.45, 7) is -0.0495. The molecule has 0 amide bonds. The largest absolute Gasteiger partial charge is 0.453 e. The van der Waals surface area contributed by atoms with Crippen molar-refractivity contribution in [2.45, 2.75) is 11.4 Å². The van der Waals surface area contributed by atoms with Crippen LogP contribution < -0.4 is 0 Å². The van der Waals surface area contributed by atoms with Crippen LogP contribution >= 0.6 is 15.9 Å². The van der Waals surface area contributed by atoms with Crippen molar-refractivity contribution in [1.29, 1.82) is 0 Å². The van der Waals surface area contributed by atoms with E-state index >= 15 is 0 Å². The Balaban J connectivity index is 2.29. The van der Waals surface area contributed by atoms with Gasteiger partial charge in [0.05, 0.1) is 11.4 Å². The summed E-state index contributed by atoms with van der Waals surface area (Å²) in [6, 6.07) is 5.38. The van der Waals surface area contributed by atoms with E-state index in [9.17, 15) is 17.2 Å². The van der Waals surface area contributed by atoms with Gasteiger partial charge in [0.2, 0.25) is 10.0 Å². The van der Waals surface area contributed by atoms with Crippen LogP contribution in [0, 0.1) is 11.6 Å². The summed E-state index contributed by atoms with van der Waals surface area (Å²) >= 11 is 3.10. The minimum atomic E-state index is -3.99.